The summed E-state index contributed by atoms with van der Waals surface area (Å²) in [6, 6.07) is 21.9. The number of hydrogen-bond donors (Lipinski definition) is 4. The van der Waals surface area contributed by atoms with E-state index in [4.69, 9.17) is 16.3 Å². The zero-order chi connectivity index (χ0) is 22.5. The fourth-order valence-corrected chi connectivity index (χ4v) is 3.47. The van der Waals surface area contributed by atoms with Gasteiger partial charge in [0.05, 0.1) is 16.1 Å². The molecule has 2 unspecified atom stereocenters. The van der Waals surface area contributed by atoms with Crippen molar-refractivity contribution in [1.82, 2.24) is 15.3 Å². The molecule has 0 radical (unpaired) electrons. The van der Waals surface area contributed by atoms with E-state index in [-0.39, 0.29) is 19.0 Å². The van der Waals surface area contributed by atoms with Crippen molar-refractivity contribution in [3.05, 3.63) is 94.8 Å². The molecule has 1 aromatic heterocycles. The molecule has 0 bridgehead atoms. The first-order valence-electron chi connectivity index (χ1n) is 10.1. The van der Waals surface area contributed by atoms with Crippen molar-refractivity contribution in [3.63, 3.8) is 0 Å². The van der Waals surface area contributed by atoms with Crippen LogP contribution in [0.1, 0.15) is 23.1 Å². The molecule has 0 aliphatic carbocycles. The van der Waals surface area contributed by atoms with Crippen LogP contribution < -0.4 is 10.1 Å². The van der Waals surface area contributed by atoms with E-state index in [2.05, 4.69) is 15.3 Å². The number of carbonyl (C=O) groups is 1. The topological polar surface area (TPSA) is 107 Å². The van der Waals surface area contributed by atoms with Crippen molar-refractivity contribution in [3.8, 4) is 5.75 Å². The predicted octanol–water partition coefficient (Wildman–Crippen LogP) is 3.51. The molecule has 4 aromatic rings. The second-order valence-electron chi connectivity index (χ2n) is 7.23. The summed E-state index contributed by atoms with van der Waals surface area (Å²) in [5.41, 5.74) is 3.03. The lowest BCUT2D eigenvalue weighted by molar-refractivity contribution is -0.135. The zero-order valence-corrected chi connectivity index (χ0v) is 17.8. The van der Waals surface area contributed by atoms with Crippen molar-refractivity contribution >= 4 is 28.5 Å². The molecule has 32 heavy (non-hydrogen) atoms. The van der Waals surface area contributed by atoms with Crippen LogP contribution in [-0.2, 0) is 17.9 Å². The highest BCUT2D eigenvalue weighted by molar-refractivity contribution is 6.32. The molecule has 164 valence electrons. The molecule has 0 aliphatic heterocycles. The number of fused-ring (bicyclic) bond motifs is 1. The molecule has 4 N–H and O–H groups in total. The van der Waals surface area contributed by atoms with E-state index in [0.29, 0.717) is 21.8 Å². The quantitative estimate of drug-likeness (QED) is 0.328. The van der Waals surface area contributed by atoms with E-state index < -0.39 is 18.1 Å². The van der Waals surface area contributed by atoms with Gasteiger partial charge < -0.3 is 25.3 Å². The van der Waals surface area contributed by atoms with Gasteiger partial charge in [0.25, 0.3) is 5.91 Å². The smallest absolute Gasteiger partial charge is 0.252 e. The standard InChI is InChI=1S/C24H22ClN3O4/c25-17-9-3-6-12-20(17)32-14-16-8-2-1-7-15(16)13-26-24(31)22(30)21(29)23-27-18-10-4-5-11-19(18)28-23/h1-12,21-22,29-30H,13-14H2,(H,26,31)(H,27,28). The molecule has 0 fully saturated rings. The highest BCUT2D eigenvalue weighted by Gasteiger charge is 2.28. The fraction of sp³-hybridized carbons (Fsp3) is 0.167. The third kappa shape index (κ3) is 4.91. The average Bonchev–Trinajstić information content (AvgIpc) is 3.26. The predicted molar refractivity (Wildman–Crippen MR) is 121 cm³/mol. The Morgan fingerprint density at radius 3 is 2.47 bits per heavy atom. The Kier molecular flexibility index (Phi) is 6.70. The van der Waals surface area contributed by atoms with E-state index in [9.17, 15) is 15.0 Å². The van der Waals surface area contributed by atoms with Crippen molar-refractivity contribution in [2.24, 2.45) is 0 Å². The van der Waals surface area contributed by atoms with E-state index in [1.54, 1.807) is 24.3 Å². The first-order valence-corrected chi connectivity index (χ1v) is 10.4. The molecule has 2 atom stereocenters. The van der Waals surface area contributed by atoms with Gasteiger partial charge in [-0.05, 0) is 35.4 Å². The molecule has 4 rings (SSSR count). The fourth-order valence-electron chi connectivity index (χ4n) is 3.28. The number of carbonyl (C=O) groups excluding carboxylic acids is 1. The van der Waals surface area contributed by atoms with Gasteiger partial charge in [0.15, 0.2) is 6.10 Å². The third-order valence-electron chi connectivity index (χ3n) is 5.05. The van der Waals surface area contributed by atoms with Crippen LogP contribution in [-0.4, -0.2) is 32.2 Å². The van der Waals surface area contributed by atoms with Crippen molar-refractivity contribution in [2.45, 2.75) is 25.4 Å². The number of nitrogens with one attached hydrogen (secondary N) is 2. The molecule has 7 nitrogen and oxygen atoms in total. The number of ether oxygens (including phenoxy) is 1. The van der Waals surface area contributed by atoms with E-state index in [0.717, 1.165) is 11.1 Å². The Labute approximate surface area is 189 Å². The molecule has 8 heteroatoms. The van der Waals surface area contributed by atoms with Crippen LogP contribution in [0.4, 0.5) is 0 Å². The van der Waals surface area contributed by atoms with Crippen molar-refractivity contribution in [2.75, 3.05) is 0 Å². The number of aliphatic hydroxyl groups is 2. The monoisotopic (exact) mass is 451 g/mol. The maximum Gasteiger partial charge on any atom is 0.252 e. The summed E-state index contributed by atoms with van der Waals surface area (Å²) in [6.45, 7) is 0.421. The molecule has 0 saturated carbocycles. The van der Waals surface area contributed by atoms with Crippen LogP contribution in [0.2, 0.25) is 5.02 Å². The summed E-state index contributed by atoms with van der Waals surface area (Å²) in [5.74, 6) is -0.0143. The van der Waals surface area contributed by atoms with Gasteiger partial charge >= 0.3 is 0 Å². The number of aliphatic hydroxyl groups excluding tert-OH is 2. The minimum atomic E-state index is -1.68. The third-order valence-corrected chi connectivity index (χ3v) is 5.36. The van der Waals surface area contributed by atoms with Crippen molar-refractivity contribution < 1.29 is 19.7 Å². The number of halogens is 1. The summed E-state index contributed by atoms with van der Waals surface area (Å²) in [7, 11) is 0. The van der Waals surface area contributed by atoms with Crippen LogP contribution in [0.5, 0.6) is 5.75 Å². The summed E-state index contributed by atoms with van der Waals surface area (Å²) in [5, 5.41) is 23.9. The molecule has 1 heterocycles. The number of imidazole rings is 1. The lowest BCUT2D eigenvalue weighted by atomic mass is 10.1. The van der Waals surface area contributed by atoms with Gasteiger partial charge in [0, 0.05) is 6.54 Å². The summed E-state index contributed by atoms with van der Waals surface area (Å²) < 4.78 is 5.80. The number of benzene rings is 3. The largest absolute Gasteiger partial charge is 0.487 e. The number of rotatable bonds is 8. The first-order chi connectivity index (χ1) is 15.5. The SMILES string of the molecule is O=C(NCc1ccccc1COc1ccccc1Cl)C(O)C(O)c1nc2ccccc2[nH]1. The average molecular weight is 452 g/mol. The number of nitrogens with zero attached hydrogens (tertiary/aromatic N) is 1. The molecular formula is C24H22ClN3O4. The van der Waals surface area contributed by atoms with Gasteiger partial charge in [0.2, 0.25) is 0 Å². The molecule has 0 aliphatic rings. The molecular weight excluding hydrogens is 430 g/mol. The maximum atomic E-state index is 12.5. The van der Waals surface area contributed by atoms with Gasteiger partial charge in [-0.2, -0.15) is 0 Å². The van der Waals surface area contributed by atoms with E-state index >= 15 is 0 Å². The highest BCUT2D eigenvalue weighted by atomic mass is 35.5. The second kappa shape index (κ2) is 9.82. The van der Waals surface area contributed by atoms with E-state index in [1.165, 1.54) is 0 Å². The second-order valence-corrected chi connectivity index (χ2v) is 7.64. The Morgan fingerprint density at radius 1 is 1.00 bits per heavy atom. The van der Waals surface area contributed by atoms with Gasteiger partial charge in [-0.3, -0.25) is 4.79 Å². The number of para-hydroxylation sites is 3. The number of H-pyrrole nitrogens is 1. The Balaban J connectivity index is 1.38. The highest BCUT2D eigenvalue weighted by Crippen LogP contribution is 2.25. The first kappa shape index (κ1) is 21.8. The minimum Gasteiger partial charge on any atom is -0.487 e. The van der Waals surface area contributed by atoms with Gasteiger partial charge in [-0.15, -0.1) is 0 Å². The van der Waals surface area contributed by atoms with Crippen LogP contribution in [0.15, 0.2) is 72.8 Å². The Bertz CT molecular complexity index is 1190. The number of hydrogen-bond acceptors (Lipinski definition) is 5. The molecule has 1 amide bonds. The molecule has 0 saturated heterocycles. The van der Waals surface area contributed by atoms with Gasteiger partial charge in [-0.1, -0.05) is 60.1 Å². The van der Waals surface area contributed by atoms with Gasteiger partial charge in [0.1, 0.15) is 24.3 Å². The zero-order valence-electron chi connectivity index (χ0n) is 17.0. The Morgan fingerprint density at radius 2 is 1.69 bits per heavy atom. The number of aromatic amines is 1. The van der Waals surface area contributed by atoms with Crippen molar-refractivity contribution in [1.29, 1.82) is 0 Å². The summed E-state index contributed by atoms with van der Waals surface area (Å²) >= 11 is 6.13. The van der Waals surface area contributed by atoms with Crippen LogP contribution in [0.25, 0.3) is 11.0 Å². The Hall–Kier alpha value is -3.39. The number of amides is 1. The minimum absolute atomic E-state index is 0.127. The summed E-state index contributed by atoms with van der Waals surface area (Å²) in [4.78, 5) is 19.6. The molecule has 0 spiro atoms. The maximum absolute atomic E-state index is 12.5. The number of aromatic nitrogens is 2. The van der Waals surface area contributed by atoms with Gasteiger partial charge in [-0.25, -0.2) is 4.98 Å². The lowest BCUT2D eigenvalue weighted by Gasteiger charge is -2.17. The molecule has 3 aromatic carbocycles. The van der Waals surface area contributed by atoms with Crippen LogP contribution in [0, 0.1) is 0 Å². The van der Waals surface area contributed by atoms with E-state index in [1.807, 2.05) is 48.5 Å². The normalized spacial score (nSPS) is 13.0. The summed E-state index contributed by atoms with van der Waals surface area (Å²) in [6.07, 6.45) is -3.16. The van der Waals surface area contributed by atoms with Crippen LogP contribution >= 0.6 is 11.6 Å². The lowest BCUT2D eigenvalue weighted by Crippen LogP contribution is -2.38. The van der Waals surface area contributed by atoms with Crippen LogP contribution in [0.3, 0.4) is 0 Å².